The molecule has 19 heavy (non-hydrogen) atoms. The molecule has 1 aromatic carbocycles. The molecule has 0 aliphatic rings. The van der Waals surface area contributed by atoms with Crippen LogP contribution in [0.4, 0.5) is 8.78 Å². The van der Waals surface area contributed by atoms with Crippen LogP contribution in [0.3, 0.4) is 0 Å². The van der Waals surface area contributed by atoms with Crippen LogP contribution < -0.4 is 5.32 Å². The van der Waals surface area contributed by atoms with Crippen LogP contribution in [0, 0.1) is 11.6 Å². The number of hydrogen-bond donors (Lipinski definition) is 2. The van der Waals surface area contributed by atoms with Crippen molar-refractivity contribution >= 4 is 11.9 Å². The molecule has 5 nitrogen and oxygen atoms in total. The highest BCUT2D eigenvalue weighted by atomic mass is 19.2. The summed E-state index contributed by atoms with van der Waals surface area (Å²) in [4.78, 5) is 22.3. The molecule has 1 unspecified atom stereocenters. The fourth-order valence-electron chi connectivity index (χ4n) is 1.44. The van der Waals surface area contributed by atoms with Crippen molar-refractivity contribution in [3.05, 3.63) is 35.4 Å². The van der Waals surface area contributed by atoms with Gasteiger partial charge in [-0.2, -0.15) is 0 Å². The van der Waals surface area contributed by atoms with Gasteiger partial charge in [-0.15, -0.1) is 0 Å². The van der Waals surface area contributed by atoms with E-state index in [0.717, 1.165) is 6.07 Å². The number of ether oxygens (including phenoxy) is 1. The van der Waals surface area contributed by atoms with Crippen LogP contribution in [0.1, 0.15) is 5.56 Å². The van der Waals surface area contributed by atoms with E-state index >= 15 is 0 Å². The normalized spacial score (nSPS) is 11.9. The lowest BCUT2D eigenvalue weighted by molar-refractivity contribution is -0.143. The van der Waals surface area contributed by atoms with Gasteiger partial charge in [0.05, 0.1) is 13.0 Å². The SMILES string of the molecule is COCC(NC(=O)Cc1cccc(F)c1F)C(=O)O. The number of nitrogens with one attached hydrogen (secondary N) is 1. The van der Waals surface area contributed by atoms with Gasteiger partial charge in [-0.1, -0.05) is 12.1 Å². The number of amides is 1. The molecule has 0 heterocycles. The second-order valence-electron chi connectivity index (χ2n) is 3.80. The van der Waals surface area contributed by atoms with Crippen LogP contribution >= 0.6 is 0 Å². The zero-order valence-corrected chi connectivity index (χ0v) is 10.2. The van der Waals surface area contributed by atoms with Gasteiger partial charge in [0, 0.05) is 12.7 Å². The molecule has 0 fully saturated rings. The summed E-state index contributed by atoms with van der Waals surface area (Å²) in [5, 5.41) is 10.9. The maximum atomic E-state index is 13.3. The Morgan fingerprint density at radius 1 is 1.42 bits per heavy atom. The largest absolute Gasteiger partial charge is 0.480 e. The highest BCUT2D eigenvalue weighted by Gasteiger charge is 2.20. The van der Waals surface area contributed by atoms with E-state index in [-0.39, 0.29) is 12.2 Å². The lowest BCUT2D eigenvalue weighted by atomic mass is 10.1. The maximum absolute atomic E-state index is 13.3. The van der Waals surface area contributed by atoms with Crippen LogP contribution in [0.25, 0.3) is 0 Å². The third-order valence-electron chi connectivity index (χ3n) is 2.35. The Labute approximate surface area is 108 Å². The number of hydrogen-bond acceptors (Lipinski definition) is 3. The Morgan fingerprint density at radius 2 is 2.11 bits per heavy atom. The Kier molecular flexibility index (Phi) is 5.37. The molecule has 0 radical (unpaired) electrons. The summed E-state index contributed by atoms with van der Waals surface area (Å²) in [5.74, 6) is -4.17. The first-order valence-electron chi connectivity index (χ1n) is 5.39. The van der Waals surface area contributed by atoms with E-state index in [2.05, 4.69) is 10.1 Å². The first kappa shape index (κ1) is 15.0. The van der Waals surface area contributed by atoms with Gasteiger partial charge in [-0.05, 0) is 6.07 Å². The van der Waals surface area contributed by atoms with Crippen molar-refractivity contribution in [3.63, 3.8) is 0 Å². The predicted molar refractivity (Wildman–Crippen MR) is 61.5 cm³/mol. The number of carbonyl (C=O) groups excluding carboxylic acids is 1. The zero-order chi connectivity index (χ0) is 14.4. The zero-order valence-electron chi connectivity index (χ0n) is 10.2. The summed E-state index contributed by atoms with van der Waals surface area (Å²) < 4.78 is 30.9. The summed E-state index contributed by atoms with van der Waals surface area (Å²) >= 11 is 0. The highest BCUT2D eigenvalue weighted by Crippen LogP contribution is 2.11. The maximum Gasteiger partial charge on any atom is 0.328 e. The van der Waals surface area contributed by atoms with Gasteiger partial charge in [0.25, 0.3) is 0 Å². The van der Waals surface area contributed by atoms with Gasteiger partial charge >= 0.3 is 5.97 Å². The number of rotatable bonds is 6. The van der Waals surface area contributed by atoms with Crippen molar-refractivity contribution in [3.8, 4) is 0 Å². The minimum absolute atomic E-state index is 0.140. The fourth-order valence-corrected chi connectivity index (χ4v) is 1.44. The van der Waals surface area contributed by atoms with Crippen molar-refractivity contribution < 1.29 is 28.2 Å². The van der Waals surface area contributed by atoms with Crippen LogP contribution in [-0.2, 0) is 20.7 Å². The lowest BCUT2D eigenvalue weighted by Crippen LogP contribution is -2.44. The third-order valence-corrected chi connectivity index (χ3v) is 2.35. The number of carboxylic acids is 1. The second-order valence-corrected chi connectivity index (χ2v) is 3.80. The van der Waals surface area contributed by atoms with Crippen LogP contribution in [0.15, 0.2) is 18.2 Å². The van der Waals surface area contributed by atoms with Crippen molar-refractivity contribution in [2.75, 3.05) is 13.7 Å². The quantitative estimate of drug-likeness (QED) is 0.801. The Bertz CT molecular complexity index is 479. The molecule has 2 N–H and O–H groups in total. The summed E-state index contributed by atoms with van der Waals surface area (Å²) in [6, 6.07) is 2.23. The topological polar surface area (TPSA) is 75.6 Å². The fraction of sp³-hybridized carbons (Fsp3) is 0.333. The number of aliphatic carboxylic acids is 1. The molecule has 0 bridgehead atoms. The van der Waals surface area contributed by atoms with E-state index in [1.165, 1.54) is 19.2 Å². The van der Waals surface area contributed by atoms with Gasteiger partial charge in [-0.3, -0.25) is 4.79 Å². The number of carboxylic acid groups (broad SMARTS) is 1. The number of carbonyl (C=O) groups is 2. The van der Waals surface area contributed by atoms with Gasteiger partial charge in [-0.25, -0.2) is 13.6 Å². The summed E-state index contributed by atoms with van der Waals surface area (Å²) in [6.45, 7) is -0.216. The smallest absolute Gasteiger partial charge is 0.328 e. The standard InChI is InChI=1S/C12H13F2NO4/c1-19-6-9(12(17)18)15-10(16)5-7-3-2-4-8(13)11(7)14/h2-4,9H,5-6H2,1H3,(H,15,16)(H,17,18). The molecule has 1 rings (SSSR count). The highest BCUT2D eigenvalue weighted by molar-refractivity contribution is 5.84. The molecule has 0 spiro atoms. The molecular formula is C12H13F2NO4. The van der Waals surface area contributed by atoms with Gasteiger partial charge in [0.1, 0.15) is 0 Å². The summed E-state index contributed by atoms with van der Waals surface area (Å²) in [7, 11) is 1.29. The first-order chi connectivity index (χ1) is 8.95. The molecule has 1 aromatic rings. The molecule has 0 aliphatic carbocycles. The van der Waals surface area contributed by atoms with Crippen molar-refractivity contribution in [2.45, 2.75) is 12.5 Å². The molecule has 1 atom stereocenters. The summed E-state index contributed by atoms with van der Waals surface area (Å²) in [5.41, 5.74) is -0.140. The average molecular weight is 273 g/mol. The summed E-state index contributed by atoms with van der Waals surface area (Å²) in [6.07, 6.45) is -0.447. The molecule has 104 valence electrons. The molecule has 1 amide bonds. The predicted octanol–water partition coefficient (Wildman–Crippen LogP) is 0.723. The molecule has 0 aliphatic heterocycles. The van der Waals surface area contributed by atoms with Crippen molar-refractivity contribution in [1.82, 2.24) is 5.32 Å². The van der Waals surface area contributed by atoms with E-state index in [1.54, 1.807) is 0 Å². The number of halogens is 2. The average Bonchev–Trinajstić information content (AvgIpc) is 2.34. The molecule has 7 heteroatoms. The van der Waals surface area contributed by atoms with E-state index in [0.29, 0.717) is 0 Å². The van der Waals surface area contributed by atoms with E-state index in [1.807, 2.05) is 0 Å². The lowest BCUT2D eigenvalue weighted by Gasteiger charge is -2.13. The van der Waals surface area contributed by atoms with Gasteiger partial charge in [0.15, 0.2) is 17.7 Å². The molecule has 0 aromatic heterocycles. The van der Waals surface area contributed by atoms with Gasteiger partial charge in [0.2, 0.25) is 5.91 Å². The molecule has 0 saturated carbocycles. The molecule has 0 saturated heterocycles. The first-order valence-corrected chi connectivity index (χ1v) is 5.39. The minimum Gasteiger partial charge on any atom is -0.480 e. The number of methoxy groups -OCH3 is 1. The van der Waals surface area contributed by atoms with Gasteiger partial charge < -0.3 is 15.2 Å². The molecular weight excluding hydrogens is 260 g/mol. The third kappa shape index (κ3) is 4.29. The van der Waals surface area contributed by atoms with Crippen molar-refractivity contribution in [2.24, 2.45) is 0 Å². The van der Waals surface area contributed by atoms with Crippen LogP contribution in [0.2, 0.25) is 0 Å². The second kappa shape index (κ2) is 6.79. The van der Waals surface area contributed by atoms with Crippen LogP contribution in [0.5, 0.6) is 0 Å². The monoisotopic (exact) mass is 273 g/mol. The minimum atomic E-state index is -1.27. The van der Waals surface area contributed by atoms with E-state index in [9.17, 15) is 18.4 Å². The van der Waals surface area contributed by atoms with E-state index < -0.39 is 36.0 Å². The Hall–Kier alpha value is -2.02. The number of benzene rings is 1. The van der Waals surface area contributed by atoms with Crippen LogP contribution in [-0.4, -0.2) is 36.7 Å². The van der Waals surface area contributed by atoms with E-state index in [4.69, 9.17) is 5.11 Å². The Balaban J connectivity index is 2.69. The Morgan fingerprint density at radius 3 is 2.68 bits per heavy atom. The van der Waals surface area contributed by atoms with Crippen molar-refractivity contribution in [1.29, 1.82) is 0 Å².